The molecule has 4 radical (unpaired) electrons. The first-order chi connectivity index (χ1) is 28.9. The normalized spacial score (nSPS) is 20.1. The van der Waals surface area contributed by atoms with Crippen LogP contribution in [-0.2, 0) is 9.53 Å². The minimum absolute atomic E-state index is 0. The van der Waals surface area contributed by atoms with Crippen LogP contribution in [0.15, 0.2) is 53.5 Å². The molecule has 0 unspecified atom stereocenters. The van der Waals surface area contributed by atoms with Crippen molar-refractivity contribution in [3.8, 4) is 0 Å². The molecule has 15 heteroatoms. The lowest BCUT2D eigenvalue weighted by atomic mass is 9.81. The van der Waals surface area contributed by atoms with Crippen molar-refractivity contribution in [1.82, 2.24) is 15.1 Å². The van der Waals surface area contributed by atoms with E-state index in [9.17, 15) is 19.2 Å². The summed E-state index contributed by atoms with van der Waals surface area (Å²) in [5, 5.41) is 8.86. The summed E-state index contributed by atoms with van der Waals surface area (Å²) in [6.45, 7) is 6.40. The van der Waals surface area contributed by atoms with Crippen LogP contribution < -0.4 is 26.6 Å². The molecule has 2 saturated heterocycles. The molecule has 0 aromatic heterocycles. The van der Waals surface area contributed by atoms with E-state index >= 15 is 0 Å². The van der Waals surface area contributed by atoms with Gasteiger partial charge >= 0.3 is 18.2 Å². The lowest BCUT2D eigenvalue weighted by Gasteiger charge is -2.41. The number of imide groups is 1. The zero-order valence-electron chi connectivity index (χ0n) is 35.3. The summed E-state index contributed by atoms with van der Waals surface area (Å²) in [6.07, 6.45) is 24.1. The Morgan fingerprint density at radius 3 is 1.78 bits per heavy atom. The Hall–Kier alpha value is -4.32. The Morgan fingerprint density at radius 2 is 1.25 bits per heavy atom. The Balaban J connectivity index is 0.000000262. The van der Waals surface area contributed by atoms with E-state index in [0.29, 0.717) is 17.8 Å². The third kappa shape index (κ3) is 16.3. The summed E-state index contributed by atoms with van der Waals surface area (Å²) < 4.78 is 4.21. The van der Waals surface area contributed by atoms with Gasteiger partial charge in [-0.25, -0.2) is 19.2 Å². The number of carbonyl (C=O) groups is 3. The quantitative estimate of drug-likeness (QED) is 0.0965. The number of nitrogen functional groups attached to an aromatic ring is 1. The number of ether oxygens (including phenoxy) is 1. The topological polar surface area (TPSA) is 162 Å². The zero-order chi connectivity index (χ0) is 42.2. The van der Waals surface area contributed by atoms with E-state index < -0.39 is 12.1 Å². The number of nitrogens with two attached hydrogens (primary N) is 1. The summed E-state index contributed by atoms with van der Waals surface area (Å²) in [7, 11) is 8.00. The van der Waals surface area contributed by atoms with Crippen molar-refractivity contribution in [3.05, 3.63) is 48.5 Å². The predicted octanol–water partition coefficient (Wildman–Crippen LogP) is 8.94. The first-order valence-electron chi connectivity index (χ1n) is 22.0. The molecule has 2 aromatic carbocycles. The van der Waals surface area contributed by atoms with Crippen molar-refractivity contribution in [2.75, 3.05) is 54.1 Å². The van der Waals surface area contributed by atoms with Crippen molar-refractivity contribution in [2.24, 2.45) is 4.99 Å². The average molecular weight is 825 g/mol. The number of aliphatic imine (C=N–C) groups is 1. The Bertz CT molecular complexity index is 1600. The molecule has 3 aliphatic heterocycles. The molecule has 5 N–H and O–H groups in total. The molecule has 326 valence electrons. The highest BCUT2D eigenvalue weighted by Crippen LogP contribution is 2.33. The number of amides is 5. The number of piperidine rings is 2. The number of anilines is 4. The van der Waals surface area contributed by atoms with Gasteiger partial charge in [0.25, 0.3) is 0 Å². The number of carbonyl (C=O) groups excluding carboxylic acids is 4. The molecule has 2 saturated carbocycles. The van der Waals surface area contributed by atoms with Gasteiger partial charge in [-0.3, -0.25) is 10.2 Å². The fourth-order valence-corrected chi connectivity index (χ4v) is 9.13. The average Bonchev–Trinajstić information content (AvgIpc) is 3.34. The number of nitrogens with one attached hydrogen (secondary N) is 3. The molecule has 7 rings (SSSR count). The molecular weight excluding hydrogens is 754 g/mol. The highest BCUT2D eigenvalue weighted by atomic mass is 16.5. The molecule has 2 aliphatic carbocycles. The van der Waals surface area contributed by atoms with Crippen LogP contribution in [0.5, 0.6) is 0 Å². The maximum Gasteiger partial charge on any atom is 0.444 e. The van der Waals surface area contributed by atoms with E-state index in [1.165, 1.54) is 116 Å². The second-order valence-electron chi connectivity index (χ2n) is 16.0. The van der Waals surface area contributed by atoms with Crippen molar-refractivity contribution >= 4 is 62.5 Å². The van der Waals surface area contributed by atoms with E-state index in [1.54, 1.807) is 11.8 Å². The third-order valence-electron chi connectivity index (χ3n) is 12.2. The largest absolute Gasteiger partial charge is 0.448 e. The van der Waals surface area contributed by atoms with Crippen molar-refractivity contribution < 1.29 is 23.9 Å². The van der Waals surface area contributed by atoms with Crippen LogP contribution in [-0.4, -0.2) is 106 Å². The van der Waals surface area contributed by atoms with Gasteiger partial charge in [0.15, 0.2) is 0 Å². The lowest BCUT2D eigenvalue weighted by Crippen LogP contribution is -2.52. The summed E-state index contributed by atoms with van der Waals surface area (Å²) in [4.78, 5) is 53.8. The number of likely N-dealkylation sites (tertiary alicyclic amines) is 2. The molecule has 4 fully saturated rings. The Kier molecular flexibility index (Phi) is 23.6. The zero-order valence-corrected chi connectivity index (χ0v) is 35.3. The third-order valence-corrected chi connectivity index (χ3v) is 12.2. The molecule has 0 atom stereocenters. The number of hydrogen-bond acceptors (Lipinski definition) is 9. The van der Waals surface area contributed by atoms with Gasteiger partial charge in [0.1, 0.15) is 0 Å². The molecule has 0 bridgehead atoms. The van der Waals surface area contributed by atoms with Gasteiger partial charge in [-0.15, -0.1) is 0 Å². The molecule has 0 spiro atoms. The first kappa shape index (κ1) is 50.0. The molecule has 3 heterocycles. The van der Waals surface area contributed by atoms with Crippen LogP contribution >= 0.6 is 0 Å². The highest BCUT2D eigenvalue weighted by Gasteiger charge is 2.35. The maximum atomic E-state index is 12.7. The SMILES string of the molecule is C.CCOC(=O)N=C=O.Nc1ccccc1NC1CCN(C2CCCCCCC2)CC1.O=C1NC(=O)N(C2CCN(C3CCCCCCC3)CC2)c2ccccc2N1.[B][B]. The van der Waals surface area contributed by atoms with Crippen LogP contribution in [0.1, 0.15) is 130 Å². The van der Waals surface area contributed by atoms with Gasteiger partial charge in [0.2, 0.25) is 6.08 Å². The van der Waals surface area contributed by atoms with Gasteiger partial charge < -0.3 is 30.9 Å². The minimum Gasteiger partial charge on any atom is -0.448 e. The van der Waals surface area contributed by atoms with Crippen LogP contribution in [0.4, 0.5) is 37.1 Å². The van der Waals surface area contributed by atoms with E-state index in [2.05, 4.69) is 63.1 Å². The number of nitrogens with zero attached hydrogens (tertiary/aromatic N) is 4. The number of hydrogen-bond donors (Lipinski definition) is 4. The fraction of sp³-hybridized carbons (Fsp3) is 0.644. The number of para-hydroxylation sites is 4. The van der Waals surface area contributed by atoms with Gasteiger partial charge in [-0.05, 0) is 82.6 Å². The summed E-state index contributed by atoms with van der Waals surface area (Å²) in [6, 6.07) is 17.2. The molecule has 60 heavy (non-hydrogen) atoms. The predicted molar refractivity (Wildman–Crippen MR) is 246 cm³/mol. The van der Waals surface area contributed by atoms with Crippen molar-refractivity contribution in [3.63, 3.8) is 0 Å². The van der Waals surface area contributed by atoms with E-state index in [-0.39, 0.29) is 26.1 Å². The fourth-order valence-electron chi connectivity index (χ4n) is 9.13. The number of isocyanates is 1. The molecular formula is C45H70B2N8O5. The number of rotatable bonds is 6. The van der Waals surface area contributed by atoms with E-state index in [0.717, 1.165) is 55.1 Å². The van der Waals surface area contributed by atoms with Crippen LogP contribution in [0, 0.1) is 0 Å². The molecule has 2 aromatic rings. The molecule has 5 amide bonds. The second-order valence-corrected chi connectivity index (χ2v) is 16.0. The Morgan fingerprint density at radius 1 is 0.750 bits per heavy atom. The monoisotopic (exact) mass is 825 g/mol. The lowest BCUT2D eigenvalue weighted by molar-refractivity contribution is 0.129. The molecule has 5 aliphatic rings. The minimum atomic E-state index is -0.887. The van der Waals surface area contributed by atoms with Crippen LogP contribution in [0.25, 0.3) is 0 Å². The summed E-state index contributed by atoms with van der Waals surface area (Å²) in [5.41, 5.74) is 9.50. The summed E-state index contributed by atoms with van der Waals surface area (Å²) in [5.74, 6) is 0. The number of fused-ring (bicyclic) bond motifs is 1. The van der Waals surface area contributed by atoms with Gasteiger partial charge in [-0.2, -0.15) is 0 Å². The van der Waals surface area contributed by atoms with Gasteiger partial charge in [-0.1, -0.05) is 101 Å². The number of urea groups is 2. The molecule has 13 nitrogen and oxygen atoms in total. The Labute approximate surface area is 362 Å². The highest BCUT2D eigenvalue weighted by molar-refractivity contribution is 6.75. The first-order valence-corrected chi connectivity index (χ1v) is 22.0. The van der Waals surface area contributed by atoms with E-state index in [1.807, 2.05) is 36.4 Å². The van der Waals surface area contributed by atoms with Crippen molar-refractivity contribution in [1.29, 1.82) is 0 Å². The van der Waals surface area contributed by atoms with Gasteiger partial charge in [0.05, 0.1) is 29.4 Å². The second kappa shape index (κ2) is 28.3. The van der Waals surface area contributed by atoms with Crippen LogP contribution in [0.2, 0.25) is 0 Å². The standard InChI is InChI=1S/C21H30N4O2.C19H31N3.C4H5NO3.CH4.B2/c26-20-22-18-10-6-7-11-19(18)25(21(27)23-20)17-12-14-24(15-13-17)16-8-4-2-1-3-5-9-16;20-18-10-6-7-11-19(18)21-16-12-14-22(15-13-16)17-8-4-2-1-3-5-9-17;1-2-8-4(7)5-3-6;;1-2/h6-7,10-11,16-17H,1-5,8-9,12-15H2,(H2,22,23,26,27);6-7,10-11,16-17,21H,1-5,8-9,12-15,20H2;2H2,1H3;1H4;. The maximum absolute atomic E-state index is 12.7. The van der Waals surface area contributed by atoms with Gasteiger partial charge in [0, 0.05) is 65.8 Å². The number of benzene rings is 2. The van der Waals surface area contributed by atoms with Crippen molar-refractivity contribution in [2.45, 2.75) is 154 Å². The smallest absolute Gasteiger partial charge is 0.444 e. The van der Waals surface area contributed by atoms with E-state index in [4.69, 9.17) is 5.73 Å². The summed E-state index contributed by atoms with van der Waals surface area (Å²) >= 11 is 0. The van der Waals surface area contributed by atoms with Crippen LogP contribution in [0.3, 0.4) is 0 Å².